The van der Waals surface area contributed by atoms with Crippen molar-refractivity contribution in [2.75, 3.05) is 0 Å². The van der Waals surface area contributed by atoms with Crippen LogP contribution in [0, 0.1) is 0 Å². The third-order valence-electron chi connectivity index (χ3n) is 16.2. The Kier molecular flexibility index (Phi) is 13.2. The van der Waals surface area contributed by atoms with E-state index in [1.54, 1.807) is 0 Å². The van der Waals surface area contributed by atoms with Gasteiger partial charge < -0.3 is 4.57 Å². The van der Waals surface area contributed by atoms with Crippen LogP contribution in [0.25, 0.3) is 151 Å². The topological polar surface area (TPSA) is 43.6 Å². The van der Waals surface area contributed by atoms with Gasteiger partial charge in [0, 0.05) is 49.7 Å². The zero-order valence-electron chi connectivity index (χ0n) is 46.5. The number of hydrogen-bond acceptors (Lipinski definition) is 3. The number of rotatable bonds is 12. The zero-order chi connectivity index (χ0) is 56.5. The lowest BCUT2D eigenvalue weighted by Gasteiger charge is -2.23. The quantitative estimate of drug-likeness (QED) is 0.122. The number of hydrogen-bond donors (Lipinski definition) is 0. The van der Waals surface area contributed by atoms with Crippen LogP contribution >= 0.6 is 0 Å². The number of aromatic nitrogens is 4. The molecule has 0 saturated heterocycles. The lowest BCUT2D eigenvalue weighted by Crippen LogP contribution is -2.05. The van der Waals surface area contributed by atoms with E-state index >= 15 is 0 Å². The molecule has 13 aromatic carbocycles. The molecule has 0 saturated carbocycles. The Labute approximate surface area is 495 Å². The average Bonchev–Trinajstić information content (AvgIpc) is 2.07. The summed E-state index contributed by atoms with van der Waals surface area (Å²) in [7, 11) is 0. The van der Waals surface area contributed by atoms with Crippen LogP contribution in [0.2, 0.25) is 0 Å². The van der Waals surface area contributed by atoms with Crippen molar-refractivity contribution in [3.8, 4) is 129 Å². The first-order valence-corrected chi connectivity index (χ1v) is 28.9. The van der Waals surface area contributed by atoms with Crippen molar-refractivity contribution >= 4 is 21.8 Å². The van der Waals surface area contributed by atoms with Crippen LogP contribution in [0.4, 0.5) is 0 Å². The van der Waals surface area contributed by atoms with Gasteiger partial charge >= 0.3 is 0 Å². The molecule has 0 bridgehead atoms. The van der Waals surface area contributed by atoms with Crippen LogP contribution in [0.15, 0.2) is 328 Å². The van der Waals surface area contributed by atoms with Crippen LogP contribution in [-0.2, 0) is 0 Å². The van der Waals surface area contributed by atoms with E-state index in [0.717, 1.165) is 133 Å². The molecule has 85 heavy (non-hydrogen) atoms. The highest BCUT2D eigenvalue weighted by Crippen LogP contribution is 2.49. The maximum Gasteiger partial charge on any atom is 0.164 e. The lowest BCUT2D eigenvalue weighted by atomic mass is 9.91. The fourth-order valence-electron chi connectivity index (χ4n) is 12.1. The van der Waals surface area contributed by atoms with Gasteiger partial charge in [-0.15, -0.1) is 0 Å². The Balaban J connectivity index is 1.05. The molecule has 2 aromatic heterocycles. The molecular formula is C81H54N4. The maximum atomic E-state index is 5.61. The second kappa shape index (κ2) is 22.2. The van der Waals surface area contributed by atoms with E-state index in [-0.39, 0.29) is 0 Å². The summed E-state index contributed by atoms with van der Waals surface area (Å²) in [5.41, 5.74) is 23.5. The maximum absolute atomic E-state index is 5.61. The van der Waals surface area contributed by atoms with Crippen molar-refractivity contribution in [2.24, 2.45) is 0 Å². The molecule has 4 heteroatoms. The van der Waals surface area contributed by atoms with Gasteiger partial charge in [-0.1, -0.05) is 285 Å². The minimum absolute atomic E-state index is 0.559. The molecule has 4 nitrogen and oxygen atoms in total. The number of nitrogens with zero attached hydrogens (tertiary/aromatic N) is 4. The van der Waals surface area contributed by atoms with Crippen molar-refractivity contribution in [3.63, 3.8) is 0 Å². The van der Waals surface area contributed by atoms with Gasteiger partial charge in [-0.2, -0.15) is 0 Å². The van der Waals surface area contributed by atoms with Gasteiger partial charge in [0.2, 0.25) is 0 Å². The molecule has 0 spiro atoms. The molecule has 15 aromatic rings. The minimum atomic E-state index is 0.559. The van der Waals surface area contributed by atoms with E-state index < -0.39 is 0 Å². The second-order valence-electron chi connectivity index (χ2n) is 21.5. The fraction of sp³-hybridized carbons (Fsp3) is 0. The SMILES string of the molecule is c1ccc(-c2ccc(-c3nc(-c4cc(-c5ccccc5)cc(-c5ccccc5)c4)nc(-c4cc(-c5ccccc5)c(-n5c6c(-c7ccccc7)cccc6c6cc(-c7ccccc7)cc(-c7ccccc7)c65)c(-c5ccccc5)c4)n3)cc2)cc1. The predicted molar refractivity (Wildman–Crippen MR) is 354 cm³/mol. The molecule has 0 radical (unpaired) electrons. The van der Waals surface area contributed by atoms with E-state index in [0.29, 0.717) is 17.5 Å². The van der Waals surface area contributed by atoms with E-state index in [4.69, 9.17) is 15.0 Å². The summed E-state index contributed by atoms with van der Waals surface area (Å²) in [4.78, 5) is 16.6. The largest absolute Gasteiger partial charge is 0.307 e. The van der Waals surface area contributed by atoms with Crippen LogP contribution in [0.3, 0.4) is 0 Å². The number of para-hydroxylation sites is 1. The summed E-state index contributed by atoms with van der Waals surface area (Å²) < 4.78 is 2.58. The lowest BCUT2D eigenvalue weighted by molar-refractivity contribution is 1.07. The van der Waals surface area contributed by atoms with Crippen molar-refractivity contribution in [2.45, 2.75) is 0 Å². The summed E-state index contributed by atoms with van der Waals surface area (Å²) in [6.45, 7) is 0. The standard InChI is InChI=1S/C81H54N4/c1-9-26-55(27-10-1)59-44-46-64(47-45-59)79-82-80(68-49-65(56-28-11-2-12-29-56)48-66(50-68)57-30-13-3-14-31-57)84-81(83-79)69-53-73(62-38-21-7-22-39-62)77(74(54-69)63-40-23-8-24-41-63)85-76-70(60-34-17-5-18-35-60)42-25-43-71(76)75-52-67(58-32-15-4-16-33-58)51-72(78(75)85)61-36-19-6-20-37-61/h1-54H. The van der Waals surface area contributed by atoms with Gasteiger partial charge in [0.15, 0.2) is 17.5 Å². The number of benzene rings is 13. The van der Waals surface area contributed by atoms with Crippen molar-refractivity contribution in [3.05, 3.63) is 328 Å². The predicted octanol–water partition coefficient (Wildman–Crippen LogP) is 21.3. The van der Waals surface area contributed by atoms with E-state index in [1.165, 1.54) is 0 Å². The Morgan fingerprint density at radius 2 is 0.471 bits per heavy atom. The van der Waals surface area contributed by atoms with E-state index in [2.05, 4.69) is 332 Å². The van der Waals surface area contributed by atoms with Crippen LogP contribution in [0.1, 0.15) is 0 Å². The molecule has 0 atom stereocenters. The Bertz CT molecular complexity index is 4740. The van der Waals surface area contributed by atoms with Gasteiger partial charge in [-0.25, -0.2) is 15.0 Å². The summed E-state index contributed by atoms with van der Waals surface area (Å²) >= 11 is 0. The molecule has 0 aliphatic heterocycles. The highest BCUT2D eigenvalue weighted by Gasteiger charge is 2.27. The molecule has 2 heterocycles. The highest BCUT2D eigenvalue weighted by molar-refractivity contribution is 6.19. The Morgan fingerprint density at radius 1 is 0.176 bits per heavy atom. The van der Waals surface area contributed by atoms with Crippen molar-refractivity contribution in [1.82, 2.24) is 19.5 Å². The summed E-state index contributed by atoms with van der Waals surface area (Å²) in [5.74, 6) is 1.71. The van der Waals surface area contributed by atoms with Crippen LogP contribution in [0.5, 0.6) is 0 Å². The normalized spacial score (nSPS) is 11.3. The molecule has 0 unspecified atom stereocenters. The van der Waals surface area contributed by atoms with Gasteiger partial charge in [0.25, 0.3) is 0 Å². The van der Waals surface area contributed by atoms with E-state index in [1.807, 2.05) is 0 Å². The molecule has 0 aliphatic rings. The molecular weight excluding hydrogens is 1030 g/mol. The minimum Gasteiger partial charge on any atom is -0.307 e. The third kappa shape index (κ3) is 9.78. The summed E-state index contributed by atoms with van der Waals surface area (Å²) in [6.07, 6.45) is 0. The smallest absolute Gasteiger partial charge is 0.164 e. The molecule has 398 valence electrons. The zero-order valence-corrected chi connectivity index (χ0v) is 46.5. The van der Waals surface area contributed by atoms with Gasteiger partial charge in [-0.05, 0) is 109 Å². The fourth-order valence-corrected chi connectivity index (χ4v) is 12.1. The average molecular weight is 1080 g/mol. The second-order valence-corrected chi connectivity index (χ2v) is 21.5. The Hall–Kier alpha value is -11.3. The van der Waals surface area contributed by atoms with Crippen LogP contribution < -0.4 is 0 Å². The first-order valence-electron chi connectivity index (χ1n) is 28.9. The van der Waals surface area contributed by atoms with Crippen molar-refractivity contribution < 1.29 is 0 Å². The summed E-state index contributed by atoms with van der Waals surface area (Å²) in [6, 6.07) is 117. The molecule has 0 amide bonds. The van der Waals surface area contributed by atoms with E-state index in [9.17, 15) is 0 Å². The molecule has 0 aliphatic carbocycles. The highest BCUT2D eigenvalue weighted by atomic mass is 15.0. The Morgan fingerprint density at radius 3 is 0.906 bits per heavy atom. The van der Waals surface area contributed by atoms with Gasteiger partial charge in [0.05, 0.1) is 16.7 Å². The first kappa shape index (κ1) is 50.6. The monoisotopic (exact) mass is 1080 g/mol. The van der Waals surface area contributed by atoms with Gasteiger partial charge in [-0.3, -0.25) is 0 Å². The van der Waals surface area contributed by atoms with Crippen molar-refractivity contribution in [1.29, 1.82) is 0 Å². The van der Waals surface area contributed by atoms with Crippen LogP contribution in [-0.4, -0.2) is 19.5 Å². The third-order valence-corrected chi connectivity index (χ3v) is 16.2. The molecule has 0 N–H and O–H groups in total. The number of fused-ring (bicyclic) bond motifs is 3. The molecule has 15 rings (SSSR count). The molecule has 0 fully saturated rings. The van der Waals surface area contributed by atoms with Gasteiger partial charge in [0.1, 0.15) is 0 Å². The summed E-state index contributed by atoms with van der Waals surface area (Å²) in [5, 5.41) is 2.32. The first-order chi connectivity index (χ1) is 42.1.